The fraction of sp³-hybridized carbons (Fsp3) is 0.278. The zero-order chi connectivity index (χ0) is 16.2. The first kappa shape index (κ1) is 15.5. The Morgan fingerprint density at radius 2 is 2.04 bits per heavy atom. The van der Waals surface area contributed by atoms with Crippen LogP contribution in [0.1, 0.15) is 28.3 Å². The van der Waals surface area contributed by atoms with Gasteiger partial charge in [0.2, 0.25) is 0 Å². The SMILES string of the molecule is COc1ccc(C(=O)Nc2ccc([C@H]3CCNC3)cc2)c(F)c1. The van der Waals surface area contributed by atoms with Gasteiger partial charge in [-0.2, -0.15) is 0 Å². The molecule has 1 aliphatic heterocycles. The number of carbonyl (C=O) groups is 1. The van der Waals surface area contributed by atoms with E-state index in [0.29, 0.717) is 17.4 Å². The van der Waals surface area contributed by atoms with Gasteiger partial charge in [0, 0.05) is 18.3 Å². The summed E-state index contributed by atoms with van der Waals surface area (Å²) >= 11 is 0. The highest BCUT2D eigenvalue weighted by molar-refractivity contribution is 6.04. The normalized spacial score (nSPS) is 17.0. The third-order valence-electron chi connectivity index (χ3n) is 4.12. The number of nitrogens with one attached hydrogen (secondary N) is 2. The zero-order valence-corrected chi connectivity index (χ0v) is 12.9. The molecule has 23 heavy (non-hydrogen) atoms. The molecule has 0 bridgehead atoms. The molecule has 5 heteroatoms. The minimum absolute atomic E-state index is 0.00475. The monoisotopic (exact) mass is 314 g/mol. The van der Waals surface area contributed by atoms with Gasteiger partial charge in [0.15, 0.2) is 0 Å². The van der Waals surface area contributed by atoms with E-state index < -0.39 is 11.7 Å². The van der Waals surface area contributed by atoms with Crippen molar-refractivity contribution >= 4 is 11.6 Å². The van der Waals surface area contributed by atoms with E-state index in [1.54, 1.807) is 6.07 Å². The summed E-state index contributed by atoms with van der Waals surface area (Å²) in [5, 5.41) is 6.05. The maximum atomic E-state index is 13.9. The van der Waals surface area contributed by atoms with Crippen molar-refractivity contribution in [3.05, 3.63) is 59.4 Å². The molecule has 1 fully saturated rings. The van der Waals surface area contributed by atoms with Crippen LogP contribution in [0.15, 0.2) is 42.5 Å². The predicted molar refractivity (Wildman–Crippen MR) is 87.6 cm³/mol. The zero-order valence-electron chi connectivity index (χ0n) is 12.9. The van der Waals surface area contributed by atoms with Crippen LogP contribution >= 0.6 is 0 Å². The number of benzene rings is 2. The van der Waals surface area contributed by atoms with Crippen LogP contribution < -0.4 is 15.4 Å². The first-order valence-electron chi connectivity index (χ1n) is 7.63. The maximum Gasteiger partial charge on any atom is 0.258 e. The van der Waals surface area contributed by atoms with Crippen molar-refractivity contribution in [3.63, 3.8) is 0 Å². The van der Waals surface area contributed by atoms with Crippen LogP contribution in [0.5, 0.6) is 5.75 Å². The van der Waals surface area contributed by atoms with E-state index in [0.717, 1.165) is 19.5 Å². The van der Waals surface area contributed by atoms with Gasteiger partial charge < -0.3 is 15.4 Å². The van der Waals surface area contributed by atoms with E-state index in [1.807, 2.05) is 24.3 Å². The van der Waals surface area contributed by atoms with Gasteiger partial charge in [0.1, 0.15) is 11.6 Å². The quantitative estimate of drug-likeness (QED) is 0.911. The van der Waals surface area contributed by atoms with Gasteiger partial charge in [0.25, 0.3) is 5.91 Å². The lowest BCUT2D eigenvalue weighted by molar-refractivity contribution is 0.102. The molecule has 1 aliphatic rings. The van der Waals surface area contributed by atoms with Crippen molar-refractivity contribution in [1.29, 1.82) is 0 Å². The molecule has 2 aromatic rings. The van der Waals surface area contributed by atoms with Gasteiger partial charge in [-0.15, -0.1) is 0 Å². The van der Waals surface area contributed by atoms with Crippen LogP contribution in [0, 0.1) is 5.82 Å². The third kappa shape index (κ3) is 3.51. The van der Waals surface area contributed by atoms with E-state index in [-0.39, 0.29) is 5.56 Å². The maximum absolute atomic E-state index is 13.9. The Bertz CT molecular complexity index is 695. The lowest BCUT2D eigenvalue weighted by atomic mass is 9.98. The molecule has 0 aromatic heterocycles. The molecule has 0 saturated carbocycles. The number of hydrogen-bond donors (Lipinski definition) is 2. The molecular formula is C18H19FN2O2. The summed E-state index contributed by atoms with van der Waals surface area (Å²) in [6.07, 6.45) is 1.13. The van der Waals surface area contributed by atoms with Crippen LogP contribution in [-0.4, -0.2) is 26.1 Å². The first-order valence-corrected chi connectivity index (χ1v) is 7.63. The van der Waals surface area contributed by atoms with Crippen molar-refractivity contribution in [1.82, 2.24) is 5.32 Å². The fourth-order valence-electron chi connectivity index (χ4n) is 2.78. The van der Waals surface area contributed by atoms with E-state index >= 15 is 0 Å². The molecular weight excluding hydrogens is 295 g/mol. The summed E-state index contributed by atoms with van der Waals surface area (Å²) < 4.78 is 18.8. The van der Waals surface area contributed by atoms with E-state index in [9.17, 15) is 9.18 Å². The molecule has 3 rings (SSSR count). The summed E-state index contributed by atoms with van der Waals surface area (Å²) in [5.74, 6) is -0.164. The molecule has 2 N–H and O–H groups in total. The first-order chi connectivity index (χ1) is 11.2. The molecule has 0 aliphatic carbocycles. The second-order valence-corrected chi connectivity index (χ2v) is 5.61. The molecule has 1 heterocycles. The van der Waals surface area contributed by atoms with Gasteiger partial charge >= 0.3 is 0 Å². The van der Waals surface area contributed by atoms with Crippen LogP contribution in [0.2, 0.25) is 0 Å². The van der Waals surface area contributed by atoms with Crippen molar-refractivity contribution in [2.45, 2.75) is 12.3 Å². The summed E-state index contributed by atoms with van der Waals surface area (Å²) in [6, 6.07) is 11.9. The Morgan fingerprint density at radius 1 is 1.26 bits per heavy atom. The number of halogens is 1. The molecule has 1 saturated heterocycles. The minimum atomic E-state index is -0.601. The number of methoxy groups -OCH3 is 1. The van der Waals surface area contributed by atoms with Gasteiger partial charge in [-0.25, -0.2) is 4.39 Å². The topological polar surface area (TPSA) is 50.4 Å². The van der Waals surface area contributed by atoms with Crippen LogP contribution in [-0.2, 0) is 0 Å². The number of ether oxygens (including phenoxy) is 1. The fourth-order valence-corrected chi connectivity index (χ4v) is 2.78. The third-order valence-corrected chi connectivity index (χ3v) is 4.12. The Labute approximate surface area is 134 Å². The van der Waals surface area contributed by atoms with Gasteiger partial charge in [0.05, 0.1) is 12.7 Å². The highest BCUT2D eigenvalue weighted by atomic mass is 19.1. The number of hydrogen-bond acceptors (Lipinski definition) is 3. The van der Waals surface area contributed by atoms with Crippen LogP contribution in [0.4, 0.5) is 10.1 Å². The lowest BCUT2D eigenvalue weighted by Crippen LogP contribution is -2.14. The van der Waals surface area contributed by atoms with Crippen LogP contribution in [0.25, 0.3) is 0 Å². The molecule has 0 unspecified atom stereocenters. The Morgan fingerprint density at radius 3 is 2.65 bits per heavy atom. The van der Waals surface area contributed by atoms with Crippen molar-refractivity contribution in [2.24, 2.45) is 0 Å². The van der Waals surface area contributed by atoms with Gasteiger partial charge in [-0.05, 0) is 48.7 Å². The molecule has 1 atom stereocenters. The van der Waals surface area contributed by atoms with Crippen LogP contribution in [0.3, 0.4) is 0 Å². The largest absolute Gasteiger partial charge is 0.497 e. The number of anilines is 1. The Kier molecular flexibility index (Phi) is 4.57. The number of amides is 1. The minimum Gasteiger partial charge on any atom is -0.497 e. The van der Waals surface area contributed by atoms with E-state index in [4.69, 9.17) is 4.74 Å². The molecule has 0 spiro atoms. The van der Waals surface area contributed by atoms with E-state index in [2.05, 4.69) is 10.6 Å². The summed E-state index contributed by atoms with van der Waals surface area (Å²) in [6.45, 7) is 2.03. The lowest BCUT2D eigenvalue weighted by Gasteiger charge is -2.11. The summed E-state index contributed by atoms with van der Waals surface area (Å²) in [4.78, 5) is 12.2. The van der Waals surface area contributed by atoms with Crippen molar-refractivity contribution in [3.8, 4) is 5.75 Å². The highest BCUT2D eigenvalue weighted by Gasteiger charge is 2.17. The smallest absolute Gasteiger partial charge is 0.258 e. The predicted octanol–water partition coefficient (Wildman–Crippen LogP) is 3.16. The molecule has 0 radical (unpaired) electrons. The van der Waals surface area contributed by atoms with Crippen molar-refractivity contribution in [2.75, 3.05) is 25.5 Å². The Balaban J connectivity index is 1.70. The molecule has 1 amide bonds. The van der Waals surface area contributed by atoms with Gasteiger partial charge in [-0.3, -0.25) is 4.79 Å². The second-order valence-electron chi connectivity index (χ2n) is 5.61. The standard InChI is InChI=1S/C18H19FN2O2/c1-23-15-6-7-16(17(19)10-15)18(22)21-14-4-2-12(3-5-14)13-8-9-20-11-13/h2-7,10,13,20H,8-9,11H2,1H3,(H,21,22)/t13-/m0/s1. The molecule has 2 aromatic carbocycles. The number of carbonyl (C=O) groups excluding carboxylic acids is 1. The summed E-state index contributed by atoms with van der Waals surface area (Å²) in [7, 11) is 1.45. The van der Waals surface area contributed by atoms with Gasteiger partial charge in [-0.1, -0.05) is 12.1 Å². The second kappa shape index (κ2) is 6.79. The van der Waals surface area contributed by atoms with E-state index in [1.165, 1.54) is 24.8 Å². The molecule has 120 valence electrons. The van der Waals surface area contributed by atoms with Crippen molar-refractivity contribution < 1.29 is 13.9 Å². The average Bonchev–Trinajstić information content (AvgIpc) is 3.09. The Hall–Kier alpha value is -2.40. The molecule has 4 nitrogen and oxygen atoms in total. The highest BCUT2D eigenvalue weighted by Crippen LogP contribution is 2.24. The summed E-state index contributed by atoms with van der Waals surface area (Å²) in [5.41, 5.74) is 1.90. The average molecular weight is 314 g/mol. The number of rotatable bonds is 4.